The van der Waals surface area contributed by atoms with Gasteiger partial charge < -0.3 is 0 Å². The number of carbonyl (C=O) groups excluding carboxylic acids is 2. The first-order valence-electron chi connectivity index (χ1n) is 9.87. The van der Waals surface area contributed by atoms with Crippen molar-refractivity contribution in [1.82, 2.24) is 9.97 Å². The third kappa shape index (κ3) is 3.68. The molecule has 2 fully saturated rings. The zero-order chi connectivity index (χ0) is 19.7. The first-order chi connectivity index (χ1) is 13.5. The number of amides is 1. The van der Waals surface area contributed by atoms with Crippen molar-refractivity contribution >= 4 is 29.1 Å². The van der Waals surface area contributed by atoms with Gasteiger partial charge in [0.2, 0.25) is 5.91 Å². The quantitative estimate of drug-likeness (QED) is 0.706. The van der Waals surface area contributed by atoms with Gasteiger partial charge in [-0.05, 0) is 56.7 Å². The van der Waals surface area contributed by atoms with Crippen LogP contribution < -0.4 is 4.90 Å². The normalized spacial score (nSPS) is 24.7. The predicted octanol–water partition coefficient (Wildman–Crippen LogP) is 4.62. The number of halogens is 1. The number of hydrogen-bond acceptors (Lipinski definition) is 4. The zero-order valence-corrected chi connectivity index (χ0v) is 16.8. The minimum atomic E-state index is -0.351. The molecular formula is C22H24ClN3O2. The van der Waals surface area contributed by atoms with Gasteiger partial charge >= 0.3 is 0 Å². The van der Waals surface area contributed by atoms with E-state index in [9.17, 15) is 9.59 Å². The van der Waals surface area contributed by atoms with Crippen molar-refractivity contribution in [2.45, 2.75) is 45.4 Å². The van der Waals surface area contributed by atoms with E-state index in [1.165, 1.54) is 0 Å². The van der Waals surface area contributed by atoms with Crippen molar-refractivity contribution in [3.05, 3.63) is 52.9 Å². The van der Waals surface area contributed by atoms with Crippen LogP contribution in [0.15, 0.2) is 36.5 Å². The molecule has 6 heteroatoms. The molecule has 0 bridgehead atoms. The number of benzene rings is 1. The van der Waals surface area contributed by atoms with Crippen LogP contribution in [0.4, 0.5) is 5.82 Å². The number of aryl methyl sites for hydroxylation is 1. The number of hydrogen-bond donors (Lipinski definition) is 0. The molecule has 2 heterocycles. The molecule has 0 unspecified atom stereocenters. The molecule has 0 N–H and O–H groups in total. The molecule has 28 heavy (non-hydrogen) atoms. The van der Waals surface area contributed by atoms with E-state index in [1.807, 2.05) is 13.0 Å². The SMILES string of the molecule is Cc1nccc(N2CC[C@]3(CCC[C@H](CC(=O)c4cccc(Cl)c4)C3)C2=O)n1. The Hall–Kier alpha value is -2.27. The molecule has 5 nitrogen and oxygen atoms in total. The van der Waals surface area contributed by atoms with Crippen LogP contribution in [-0.2, 0) is 4.79 Å². The minimum absolute atomic E-state index is 0.110. The van der Waals surface area contributed by atoms with Crippen LogP contribution in [-0.4, -0.2) is 28.2 Å². The lowest BCUT2D eigenvalue weighted by atomic mass is 9.67. The van der Waals surface area contributed by atoms with Gasteiger partial charge in [0.05, 0.1) is 5.41 Å². The molecule has 1 aliphatic heterocycles. The lowest BCUT2D eigenvalue weighted by Gasteiger charge is -2.36. The second-order valence-electron chi connectivity index (χ2n) is 8.05. The maximum absolute atomic E-state index is 13.3. The van der Waals surface area contributed by atoms with Gasteiger partial charge in [-0.15, -0.1) is 0 Å². The molecule has 1 aliphatic carbocycles. The van der Waals surface area contributed by atoms with Crippen LogP contribution in [0.2, 0.25) is 5.02 Å². The van der Waals surface area contributed by atoms with Crippen molar-refractivity contribution in [1.29, 1.82) is 0 Å². The van der Waals surface area contributed by atoms with Crippen LogP contribution >= 0.6 is 11.6 Å². The molecule has 0 radical (unpaired) electrons. The third-order valence-electron chi connectivity index (χ3n) is 6.12. The van der Waals surface area contributed by atoms with Crippen LogP contribution in [0.25, 0.3) is 0 Å². The zero-order valence-electron chi connectivity index (χ0n) is 16.0. The summed E-state index contributed by atoms with van der Waals surface area (Å²) in [5.41, 5.74) is 0.305. The van der Waals surface area contributed by atoms with E-state index in [2.05, 4.69) is 9.97 Å². The lowest BCUT2D eigenvalue weighted by molar-refractivity contribution is -0.128. The predicted molar refractivity (Wildman–Crippen MR) is 109 cm³/mol. The number of anilines is 1. The van der Waals surface area contributed by atoms with Crippen LogP contribution in [0.1, 0.15) is 54.7 Å². The van der Waals surface area contributed by atoms with Gasteiger partial charge in [-0.1, -0.05) is 30.2 Å². The highest BCUT2D eigenvalue weighted by Gasteiger charge is 2.49. The summed E-state index contributed by atoms with van der Waals surface area (Å²) in [6.45, 7) is 2.52. The topological polar surface area (TPSA) is 63.2 Å². The summed E-state index contributed by atoms with van der Waals surface area (Å²) in [5, 5.41) is 0.577. The maximum atomic E-state index is 13.3. The van der Waals surface area contributed by atoms with E-state index >= 15 is 0 Å². The Bertz CT molecular complexity index is 916. The van der Waals surface area contributed by atoms with Crippen molar-refractivity contribution in [3.63, 3.8) is 0 Å². The van der Waals surface area contributed by atoms with Gasteiger partial charge in [0.1, 0.15) is 11.6 Å². The lowest BCUT2D eigenvalue weighted by Crippen LogP contribution is -2.39. The monoisotopic (exact) mass is 397 g/mol. The van der Waals surface area contributed by atoms with Crippen LogP contribution in [0.3, 0.4) is 0 Å². The molecule has 2 atom stereocenters. The van der Waals surface area contributed by atoms with Crippen molar-refractivity contribution in [3.8, 4) is 0 Å². The van der Waals surface area contributed by atoms with E-state index in [0.717, 1.165) is 32.1 Å². The summed E-state index contributed by atoms with van der Waals surface area (Å²) in [5.74, 6) is 1.85. The molecular weight excluding hydrogens is 374 g/mol. The second-order valence-corrected chi connectivity index (χ2v) is 8.49. The molecule has 4 rings (SSSR count). The fourth-order valence-corrected chi connectivity index (χ4v) is 4.95. The van der Waals surface area contributed by atoms with E-state index < -0.39 is 0 Å². The van der Waals surface area contributed by atoms with Gasteiger partial charge in [-0.3, -0.25) is 14.5 Å². The van der Waals surface area contributed by atoms with E-state index in [1.54, 1.807) is 35.4 Å². The fraction of sp³-hybridized carbons (Fsp3) is 0.455. The molecule has 1 saturated carbocycles. The van der Waals surface area contributed by atoms with Gasteiger partial charge in [-0.25, -0.2) is 9.97 Å². The second kappa shape index (κ2) is 7.63. The maximum Gasteiger partial charge on any atom is 0.234 e. The Morgan fingerprint density at radius 2 is 2.18 bits per heavy atom. The highest BCUT2D eigenvalue weighted by molar-refractivity contribution is 6.31. The summed E-state index contributed by atoms with van der Waals surface area (Å²) in [7, 11) is 0. The summed E-state index contributed by atoms with van der Waals surface area (Å²) >= 11 is 6.02. The third-order valence-corrected chi connectivity index (χ3v) is 6.35. The number of carbonyl (C=O) groups is 2. The molecule has 1 aromatic heterocycles. The standard InChI is InChI=1S/C22H24ClN3O2/c1-15-24-10-7-20(25-15)26-11-9-22(21(26)28)8-3-4-16(14-22)12-19(27)17-5-2-6-18(23)13-17/h2,5-7,10,13,16H,3-4,8-9,11-12,14H2,1H3/t16-,22+/m1/s1. The molecule has 2 aromatic rings. The highest BCUT2D eigenvalue weighted by Crippen LogP contribution is 2.48. The Morgan fingerprint density at radius 3 is 2.96 bits per heavy atom. The molecule has 1 aromatic carbocycles. The van der Waals surface area contributed by atoms with Crippen molar-refractivity contribution in [2.75, 3.05) is 11.4 Å². The van der Waals surface area contributed by atoms with Gasteiger partial charge in [0, 0.05) is 29.7 Å². The number of ketones is 1. The number of rotatable bonds is 4. The summed E-state index contributed by atoms with van der Waals surface area (Å²) < 4.78 is 0. The van der Waals surface area contributed by atoms with Crippen molar-refractivity contribution < 1.29 is 9.59 Å². The molecule has 1 spiro atoms. The molecule has 1 saturated heterocycles. The highest BCUT2D eigenvalue weighted by atomic mass is 35.5. The molecule has 1 amide bonds. The Balaban J connectivity index is 1.47. The Kier molecular flexibility index (Phi) is 5.19. The van der Waals surface area contributed by atoms with Crippen LogP contribution in [0.5, 0.6) is 0 Å². The number of aromatic nitrogens is 2. The average Bonchev–Trinajstić information content (AvgIpc) is 2.97. The van der Waals surface area contributed by atoms with E-state index in [-0.39, 0.29) is 23.0 Å². The summed E-state index contributed by atoms with van der Waals surface area (Å²) in [6.07, 6.45) is 6.65. The first kappa shape index (κ1) is 19.1. The average molecular weight is 398 g/mol. The summed E-state index contributed by atoms with van der Waals surface area (Å²) in [6, 6.07) is 8.91. The largest absolute Gasteiger partial charge is 0.296 e. The minimum Gasteiger partial charge on any atom is -0.296 e. The van der Waals surface area contributed by atoms with E-state index in [0.29, 0.717) is 35.2 Å². The van der Waals surface area contributed by atoms with E-state index in [4.69, 9.17) is 11.6 Å². The molecule has 146 valence electrons. The van der Waals surface area contributed by atoms with Gasteiger partial charge in [0.25, 0.3) is 0 Å². The first-order valence-corrected chi connectivity index (χ1v) is 10.2. The Morgan fingerprint density at radius 1 is 1.32 bits per heavy atom. The van der Waals surface area contributed by atoms with Crippen molar-refractivity contribution in [2.24, 2.45) is 11.3 Å². The van der Waals surface area contributed by atoms with Gasteiger partial charge in [-0.2, -0.15) is 0 Å². The van der Waals surface area contributed by atoms with Crippen LogP contribution in [0, 0.1) is 18.3 Å². The Labute approximate surface area is 170 Å². The molecule has 2 aliphatic rings. The number of Topliss-reactive ketones (excluding diaryl/α,β-unsaturated/α-hetero) is 1. The fourth-order valence-electron chi connectivity index (χ4n) is 4.76. The smallest absolute Gasteiger partial charge is 0.234 e. The van der Waals surface area contributed by atoms with Gasteiger partial charge in [0.15, 0.2) is 5.78 Å². The number of nitrogens with zero attached hydrogens (tertiary/aromatic N) is 3. The summed E-state index contributed by atoms with van der Waals surface area (Å²) in [4.78, 5) is 36.4.